The van der Waals surface area contributed by atoms with Crippen LogP contribution >= 0.6 is 0 Å². The number of cyclic esters (lactones) is 1. The van der Waals surface area contributed by atoms with Crippen molar-refractivity contribution in [3.63, 3.8) is 0 Å². The first-order valence-corrected chi connectivity index (χ1v) is 8.24. The minimum absolute atomic E-state index is 0.105. The molecule has 1 saturated heterocycles. The van der Waals surface area contributed by atoms with Gasteiger partial charge in [-0.3, -0.25) is 4.79 Å². The fraction of sp³-hybridized carbons (Fsp3) is 0.200. The Morgan fingerprint density at radius 3 is 2.41 bits per heavy atom. The summed E-state index contributed by atoms with van der Waals surface area (Å²) in [6.07, 6.45) is -2.15. The van der Waals surface area contributed by atoms with E-state index in [0.29, 0.717) is 12.0 Å². The maximum absolute atomic E-state index is 12.6. The predicted octanol–water partition coefficient (Wildman–Crippen LogP) is 4.31. The number of amides is 2. The molecule has 0 aromatic heterocycles. The minimum atomic E-state index is -4.41. The number of halogens is 3. The zero-order valence-electron chi connectivity index (χ0n) is 14.1. The van der Waals surface area contributed by atoms with Crippen LogP contribution in [-0.4, -0.2) is 29.5 Å². The zero-order valence-corrected chi connectivity index (χ0v) is 14.1. The van der Waals surface area contributed by atoms with Gasteiger partial charge in [0.2, 0.25) is 0 Å². The topological polar surface area (TPSA) is 46.6 Å². The van der Waals surface area contributed by atoms with Gasteiger partial charge >= 0.3 is 12.3 Å². The molecule has 27 heavy (non-hydrogen) atoms. The van der Waals surface area contributed by atoms with Crippen LogP contribution in [0.3, 0.4) is 0 Å². The molecule has 2 aromatic carbocycles. The highest BCUT2D eigenvalue weighted by Crippen LogP contribution is 2.29. The second kappa shape index (κ2) is 7.65. The van der Waals surface area contributed by atoms with E-state index in [4.69, 9.17) is 4.74 Å². The number of nitrogens with zero attached hydrogens (tertiary/aromatic N) is 1. The number of hydrogen-bond acceptors (Lipinski definition) is 3. The molecule has 0 unspecified atom stereocenters. The van der Waals surface area contributed by atoms with E-state index in [2.05, 4.69) is 0 Å². The van der Waals surface area contributed by atoms with Crippen LogP contribution in [0.25, 0.3) is 6.08 Å². The fourth-order valence-electron chi connectivity index (χ4n) is 2.80. The number of imide groups is 1. The van der Waals surface area contributed by atoms with E-state index in [-0.39, 0.29) is 6.61 Å². The number of carbonyl (C=O) groups excluding carboxylic acids is 2. The molecule has 0 aliphatic carbocycles. The van der Waals surface area contributed by atoms with E-state index in [1.165, 1.54) is 18.2 Å². The second-order valence-corrected chi connectivity index (χ2v) is 6.08. The summed E-state index contributed by atoms with van der Waals surface area (Å²) in [5.41, 5.74) is 0.617. The largest absolute Gasteiger partial charge is 0.447 e. The molecule has 1 aliphatic rings. The highest BCUT2D eigenvalue weighted by atomic mass is 19.4. The van der Waals surface area contributed by atoms with E-state index >= 15 is 0 Å². The lowest BCUT2D eigenvalue weighted by molar-refractivity contribution is -0.137. The number of hydrogen-bond donors (Lipinski definition) is 0. The maximum Gasteiger partial charge on any atom is 0.417 e. The molecule has 140 valence electrons. The summed E-state index contributed by atoms with van der Waals surface area (Å²) in [5.74, 6) is -0.571. The summed E-state index contributed by atoms with van der Waals surface area (Å²) in [5, 5.41) is 0. The molecule has 1 aliphatic heterocycles. The fourth-order valence-corrected chi connectivity index (χ4v) is 2.80. The summed E-state index contributed by atoms with van der Waals surface area (Å²) in [6.45, 7) is 0.105. The minimum Gasteiger partial charge on any atom is -0.447 e. The molecule has 0 radical (unpaired) electrons. The van der Waals surface area contributed by atoms with Gasteiger partial charge in [-0.05, 0) is 35.8 Å². The maximum atomic E-state index is 12.6. The molecule has 2 amide bonds. The van der Waals surface area contributed by atoms with Crippen LogP contribution in [0, 0.1) is 0 Å². The first-order chi connectivity index (χ1) is 12.8. The standard InChI is InChI=1S/C20H16F3NO3/c21-20(22,23)16-9-6-14(7-10-16)8-11-18(25)24-17(13-27-19(24)26)12-15-4-2-1-3-5-15/h1-11,17H,12-13H2/b11-8+/t17-/m0/s1. The number of alkyl halides is 3. The second-order valence-electron chi connectivity index (χ2n) is 6.08. The summed E-state index contributed by atoms with van der Waals surface area (Å²) in [7, 11) is 0. The van der Waals surface area contributed by atoms with E-state index < -0.39 is 29.8 Å². The van der Waals surface area contributed by atoms with Crippen molar-refractivity contribution in [2.75, 3.05) is 6.61 Å². The highest BCUT2D eigenvalue weighted by Gasteiger charge is 2.36. The predicted molar refractivity (Wildman–Crippen MR) is 92.6 cm³/mol. The van der Waals surface area contributed by atoms with Gasteiger partial charge in [0, 0.05) is 6.08 Å². The van der Waals surface area contributed by atoms with Crippen molar-refractivity contribution < 1.29 is 27.5 Å². The van der Waals surface area contributed by atoms with Crippen molar-refractivity contribution >= 4 is 18.1 Å². The van der Waals surface area contributed by atoms with Gasteiger partial charge in [0.15, 0.2) is 0 Å². The van der Waals surface area contributed by atoms with Crippen molar-refractivity contribution in [2.45, 2.75) is 18.6 Å². The Bertz CT molecular complexity index is 845. The lowest BCUT2D eigenvalue weighted by Crippen LogP contribution is -2.39. The van der Waals surface area contributed by atoms with Gasteiger partial charge in [-0.25, -0.2) is 9.69 Å². The molecular weight excluding hydrogens is 359 g/mol. The van der Waals surface area contributed by atoms with Gasteiger partial charge in [-0.15, -0.1) is 0 Å². The van der Waals surface area contributed by atoms with Gasteiger partial charge in [0.05, 0.1) is 11.6 Å². The first-order valence-electron chi connectivity index (χ1n) is 8.24. The summed E-state index contributed by atoms with van der Waals surface area (Å²) < 4.78 is 42.7. The number of benzene rings is 2. The molecule has 4 nitrogen and oxygen atoms in total. The van der Waals surface area contributed by atoms with Crippen molar-refractivity contribution in [3.8, 4) is 0 Å². The van der Waals surface area contributed by atoms with Gasteiger partial charge < -0.3 is 4.74 Å². The van der Waals surface area contributed by atoms with Crippen molar-refractivity contribution in [1.29, 1.82) is 0 Å². The lowest BCUT2D eigenvalue weighted by Gasteiger charge is -2.18. The molecule has 3 rings (SSSR count). The van der Waals surface area contributed by atoms with Crippen LogP contribution in [0.15, 0.2) is 60.7 Å². The van der Waals surface area contributed by atoms with E-state index in [1.807, 2.05) is 30.3 Å². The molecule has 0 spiro atoms. The molecule has 7 heteroatoms. The molecule has 1 fully saturated rings. The third-order valence-electron chi connectivity index (χ3n) is 4.17. The van der Waals surface area contributed by atoms with Gasteiger partial charge in [0.1, 0.15) is 6.61 Å². The molecule has 0 saturated carbocycles. The van der Waals surface area contributed by atoms with Crippen molar-refractivity contribution in [2.24, 2.45) is 0 Å². The Balaban J connectivity index is 1.69. The van der Waals surface area contributed by atoms with Crippen molar-refractivity contribution in [1.82, 2.24) is 4.90 Å². The average molecular weight is 375 g/mol. The van der Waals surface area contributed by atoms with Crippen molar-refractivity contribution in [3.05, 3.63) is 77.4 Å². The van der Waals surface area contributed by atoms with Crippen LogP contribution in [0.4, 0.5) is 18.0 Å². The molecule has 2 aromatic rings. The van der Waals surface area contributed by atoms with Gasteiger partial charge in [-0.1, -0.05) is 42.5 Å². The van der Waals surface area contributed by atoms with Crippen LogP contribution in [0.5, 0.6) is 0 Å². The third-order valence-corrected chi connectivity index (χ3v) is 4.17. The van der Waals surface area contributed by atoms with Crippen LogP contribution in [-0.2, 0) is 22.1 Å². The molecule has 1 atom stereocenters. The molecule has 0 bridgehead atoms. The number of rotatable bonds is 4. The average Bonchev–Trinajstić information content (AvgIpc) is 3.00. The molecule has 0 N–H and O–H groups in total. The Kier molecular flexibility index (Phi) is 5.30. The van der Waals surface area contributed by atoms with Crippen LogP contribution in [0.1, 0.15) is 16.7 Å². The first kappa shape index (κ1) is 18.7. The summed E-state index contributed by atoms with van der Waals surface area (Å²) in [4.78, 5) is 25.4. The monoisotopic (exact) mass is 375 g/mol. The smallest absolute Gasteiger partial charge is 0.417 e. The number of carbonyl (C=O) groups is 2. The molecular formula is C20H16F3NO3. The van der Waals surface area contributed by atoms with E-state index in [9.17, 15) is 22.8 Å². The Labute approximate surface area is 153 Å². The van der Waals surface area contributed by atoms with E-state index in [1.54, 1.807) is 0 Å². The Hall–Kier alpha value is -3.09. The number of ether oxygens (including phenoxy) is 1. The van der Waals surface area contributed by atoms with Crippen LogP contribution in [0.2, 0.25) is 0 Å². The van der Waals surface area contributed by atoms with Gasteiger partial charge in [-0.2, -0.15) is 13.2 Å². The van der Waals surface area contributed by atoms with E-state index in [0.717, 1.165) is 28.7 Å². The normalized spacial score (nSPS) is 17.4. The van der Waals surface area contributed by atoms with Gasteiger partial charge in [0.25, 0.3) is 5.91 Å². The Morgan fingerprint density at radius 2 is 1.78 bits per heavy atom. The zero-order chi connectivity index (χ0) is 19.4. The quantitative estimate of drug-likeness (QED) is 0.749. The summed E-state index contributed by atoms with van der Waals surface area (Å²) >= 11 is 0. The Morgan fingerprint density at radius 1 is 1.11 bits per heavy atom. The highest BCUT2D eigenvalue weighted by molar-refractivity contribution is 6.02. The SMILES string of the molecule is O=C(/C=C/c1ccc(C(F)(F)F)cc1)N1C(=O)OC[C@@H]1Cc1ccccc1. The molecule has 1 heterocycles. The summed E-state index contributed by atoms with van der Waals surface area (Å²) in [6, 6.07) is 13.4. The third kappa shape index (κ3) is 4.55. The van der Waals surface area contributed by atoms with Crippen LogP contribution < -0.4 is 0 Å². The lowest BCUT2D eigenvalue weighted by atomic mass is 10.1.